The van der Waals surface area contributed by atoms with Crippen LogP contribution in [0.15, 0.2) is 42.5 Å². The molecule has 5 rings (SSSR count). The topological polar surface area (TPSA) is 105 Å². The number of H-pyrrole nitrogens is 1. The van der Waals surface area contributed by atoms with Crippen LogP contribution < -0.4 is 10.2 Å². The number of amides is 1. The van der Waals surface area contributed by atoms with Crippen molar-refractivity contribution in [3.8, 4) is 0 Å². The van der Waals surface area contributed by atoms with Gasteiger partial charge < -0.3 is 9.47 Å². The first-order valence-corrected chi connectivity index (χ1v) is 12.7. The highest BCUT2D eigenvalue weighted by atomic mass is 19.1. The van der Waals surface area contributed by atoms with E-state index in [2.05, 4.69) is 56.2 Å². The lowest BCUT2D eigenvalue weighted by Crippen LogP contribution is -2.41. The van der Waals surface area contributed by atoms with Gasteiger partial charge in [0.25, 0.3) is 11.9 Å². The van der Waals surface area contributed by atoms with Crippen LogP contribution in [-0.2, 0) is 13.6 Å². The minimum Gasteiger partial charge on any atom is -0.335 e. The predicted molar refractivity (Wildman–Crippen MR) is 141 cm³/mol. The zero-order chi connectivity index (χ0) is 26.2. The van der Waals surface area contributed by atoms with E-state index >= 15 is 0 Å². The Bertz CT molecular complexity index is 1370. The van der Waals surface area contributed by atoms with Gasteiger partial charge >= 0.3 is 0 Å². The first-order chi connectivity index (χ1) is 17.7. The maximum Gasteiger partial charge on any atom is 0.270 e. The molecule has 10 heteroatoms. The Balaban J connectivity index is 1.40. The molecule has 0 atom stereocenters. The molecule has 1 fully saturated rings. The Morgan fingerprint density at radius 1 is 1.14 bits per heavy atom. The molecule has 0 unspecified atom stereocenters. The van der Waals surface area contributed by atoms with Crippen molar-refractivity contribution in [3.05, 3.63) is 59.4 Å². The van der Waals surface area contributed by atoms with Crippen LogP contribution in [0.3, 0.4) is 0 Å². The van der Waals surface area contributed by atoms with Crippen molar-refractivity contribution in [2.75, 3.05) is 10.2 Å². The van der Waals surface area contributed by atoms with Crippen LogP contribution in [0.1, 0.15) is 62.4 Å². The van der Waals surface area contributed by atoms with Gasteiger partial charge in [-0.2, -0.15) is 5.21 Å². The average molecular weight is 505 g/mol. The van der Waals surface area contributed by atoms with Crippen LogP contribution in [0.25, 0.3) is 11.0 Å². The molecule has 0 spiro atoms. The number of aryl methyl sites for hydroxylation is 1. The summed E-state index contributed by atoms with van der Waals surface area (Å²) in [5.74, 6) is 1.06. The van der Waals surface area contributed by atoms with Crippen LogP contribution in [0.5, 0.6) is 0 Å². The molecule has 0 aliphatic heterocycles. The quantitative estimate of drug-likeness (QED) is 0.379. The number of hydrogen-bond acceptors (Lipinski definition) is 6. The molecule has 4 aromatic rings. The van der Waals surface area contributed by atoms with Crippen molar-refractivity contribution in [1.29, 1.82) is 0 Å². The van der Waals surface area contributed by atoms with Crippen LogP contribution in [0.4, 0.5) is 16.3 Å². The molecule has 0 saturated heterocycles. The van der Waals surface area contributed by atoms with E-state index in [0.717, 1.165) is 29.9 Å². The van der Waals surface area contributed by atoms with Crippen molar-refractivity contribution in [1.82, 2.24) is 30.2 Å². The lowest BCUT2D eigenvalue weighted by Gasteiger charge is -2.41. The highest BCUT2D eigenvalue weighted by Crippen LogP contribution is 2.40. The summed E-state index contributed by atoms with van der Waals surface area (Å²) in [6.07, 6.45) is 4.48. The van der Waals surface area contributed by atoms with E-state index in [1.807, 2.05) is 19.2 Å². The second kappa shape index (κ2) is 9.91. The summed E-state index contributed by atoms with van der Waals surface area (Å²) in [5.41, 5.74) is 3.41. The fourth-order valence-electron chi connectivity index (χ4n) is 5.38. The van der Waals surface area contributed by atoms with Gasteiger partial charge in [-0.25, -0.2) is 9.37 Å². The fourth-order valence-corrected chi connectivity index (χ4v) is 5.38. The van der Waals surface area contributed by atoms with Crippen LogP contribution in [-0.4, -0.2) is 42.1 Å². The molecule has 2 aromatic heterocycles. The Hall–Kier alpha value is -3.82. The van der Waals surface area contributed by atoms with Gasteiger partial charge in [0.1, 0.15) is 5.82 Å². The number of fused-ring (bicyclic) bond motifs is 1. The molecule has 1 amide bonds. The summed E-state index contributed by atoms with van der Waals surface area (Å²) >= 11 is 0. The number of rotatable bonds is 6. The second-order valence-corrected chi connectivity index (χ2v) is 11.0. The standard InChI is InChI=1S/C27H33FN8O/c1-27(2,3)19-9-12-21(13-10-19)36(26-29-22-15-20(28)11-14-23(22)35(26)4)16-17-5-7-18(8-6-17)24(37)30-25-31-33-34-32-25/h5-8,11,14-15,19,21H,9-10,12-13,16H2,1-4H3,(H2,30,31,32,33,34,37). The molecule has 1 saturated carbocycles. The molecule has 194 valence electrons. The van der Waals surface area contributed by atoms with Crippen molar-refractivity contribution in [2.45, 2.75) is 59.0 Å². The van der Waals surface area contributed by atoms with Crippen LogP contribution >= 0.6 is 0 Å². The van der Waals surface area contributed by atoms with E-state index in [1.165, 1.54) is 25.0 Å². The van der Waals surface area contributed by atoms with Gasteiger partial charge in [0.15, 0.2) is 0 Å². The number of benzene rings is 2. The molecule has 1 aliphatic carbocycles. The number of hydrogen-bond donors (Lipinski definition) is 2. The normalized spacial score (nSPS) is 18.2. The number of anilines is 2. The van der Waals surface area contributed by atoms with E-state index in [1.54, 1.807) is 18.2 Å². The smallest absolute Gasteiger partial charge is 0.270 e. The van der Waals surface area contributed by atoms with Crippen molar-refractivity contribution < 1.29 is 9.18 Å². The number of aromatic amines is 1. The van der Waals surface area contributed by atoms with Gasteiger partial charge in [-0.05, 0) is 72.1 Å². The first kappa shape index (κ1) is 24.9. The molecule has 1 aliphatic rings. The third kappa shape index (κ3) is 5.33. The maximum absolute atomic E-state index is 13.9. The van der Waals surface area contributed by atoms with Crippen LogP contribution in [0, 0.1) is 17.2 Å². The molecular weight excluding hydrogens is 471 g/mol. The zero-order valence-electron chi connectivity index (χ0n) is 21.7. The lowest BCUT2D eigenvalue weighted by molar-refractivity contribution is 0.102. The largest absolute Gasteiger partial charge is 0.335 e. The van der Waals surface area contributed by atoms with E-state index in [9.17, 15) is 9.18 Å². The molecule has 9 nitrogen and oxygen atoms in total. The van der Waals surface area contributed by atoms with Gasteiger partial charge in [0, 0.05) is 31.3 Å². The van der Waals surface area contributed by atoms with E-state index < -0.39 is 0 Å². The second-order valence-electron chi connectivity index (χ2n) is 11.0. The number of carbonyl (C=O) groups excluding carboxylic acids is 1. The molecular formula is C27H33FN8O. The Kier molecular flexibility index (Phi) is 6.66. The third-order valence-corrected chi connectivity index (χ3v) is 7.58. The fraction of sp³-hybridized carbons (Fsp3) is 0.444. The summed E-state index contributed by atoms with van der Waals surface area (Å²) in [5, 5.41) is 15.9. The van der Waals surface area contributed by atoms with Gasteiger partial charge in [0.2, 0.25) is 5.95 Å². The number of nitrogens with zero attached hydrogens (tertiary/aromatic N) is 6. The maximum atomic E-state index is 13.9. The summed E-state index contributed by atoms with van der Waals surface area (Å²) in [7, 11) is 1.99. The Morgan fingerprint density at radius 2 is 1.86 bits per heavy atom. The highest BCUT2D eigenvalue weighted by Gasteiger charge is 2.33. The van der Waals surface area contributed by atoms with Gasteiger partial charge in [-0.1, -0.05) is 38.0 Å². The first-order valence-electron chi connectivity index (χ1n) is 12.7. The number of imidazole rings is 1. The average Bonchev–Trinajstić information content (AvgIpc) is 3.50. The highest BCUT2D eigenvalue weighted by molar-refractivity contribution is 6.03. The van der Waals surface area contributed by atoms with Gasteiger partial charge in [-0.15, -0.1) is 5.10 Å². The third-order valence-electron chi connectivity index (χ3n) is 7.58. The monoisotopic (exact) mass is 504 g/mol. The van der Waals surface area contributed by atoms with E-state index in [4.69, 9.17) is 4.98 Å². The van der Waals surface area contributed by atoms with Crippen LogP contribution in [0.2, 0.25) is 0 Å². The number of carbonyl (C=O) groups is 1. The number of tetrazole rings is 1. The molecule has 2 heterocycles. The summed E-state index contributed by atoms with van der Waals surface area (Å²) in [4.78, 5) is 19.7. The van der Waals surface area contributed by atoms with Crippen molar-refractivity contribution in [3.63, 3.8) is 0 Å². The van der Waals surface area contributed by atoms with Gasteiger partial charge in [0.05, 0.1) is 11.0 Å². The van der Waals surface area contributed by atoms with E-state index in [0.29, 0.717) is 35.0 Å². The molecule has 2 aromatic carbocycles. The number of nitrogens with one attached hydrogen (secondary N) is 2. The predicted octanol–water partition coefficient (Wildman–Crippen LogP) is 5.09. The van der Waals surface area contributed by atoms with E-state index in [-0.39, 0.29) is 17.7 Å². The SMILES string of the molecule is Cn1c(N(Cc2ccc(C(=O)Nc3nn[nH]n3)cc2)C2CCC(C(C)(C)C)CC2)nc2cc(F)ccc21. The molecule has 0 radical (unpaired) electrons. The number of aromatic nitrogens is 6. The minimum atomic E-state index is -0.303. The minimum absolute atomic E-state index is 0.129. The molecule has 2 N–H and O–H groups in total. The number of halogens is 1. The molecule has 37 heavy (non-hydrogen) atoms. The summed E-state index contributed by atoms with van der Waals surface area (Å²) < 4.78 is 16.0. The Morgan fingerprint density at radius 3 is 2.51 bits per heavy atom. The molecule has 0 bridgehead atoms. The van der Waals surface area contributed by atoms with Crippen molar-refractivity contribution in [2.24, 2.45) is 18.4 Å². The lowest BCUT2D eigenvalue weighted by atomic mass is 9.71. The van der Waals surface area contributed by atoms with Crippen molar-refractivity contribution >= 4 is 28.8 Å². The summed E-state index contributed by atoms with van der Waals surface area (Å²) in [6, 6.07) is 12.6. The summed E-state index contributed by atoms with van der Waals surface area (Å²) in [6.45, 7) is 7.61. The Labute approximate surface area is 215 Å². The van der Waals surface area contributed by atoms with Gasteiger partial charge in [-0.3, -0.25) is 10.1 Å². The zero-order valence-corrected chi connectivity index (χ0v) is 21.7.